The van der Waals surface area contributed by atoms with E-state index >= 15 is 4.39 Å². The molecule has 0 bridgehead atoms. The first-order valence-electron chi connectivity index (χ1n) is 11.2. The quantitative estimate of drug-likeness (QED) is 0.626. The molecule has 7 nitrogen and oxygen atoms in total. The van der Waals surface area contributed by atoms with Crippen molar-refractivity contribution < 1.29 is 23.0 Å². The van der Waals surface area contributed by atoms with Crippen LogP contribution in [0.15, 0.2) is 10.5 Å². The fraction of sp³-hybridized carbons (Fsp3) is 0.636. The zero-order chi connectivity index (χ0) is 21.9. The van der Waals surface area contributed by atoms with Crippen LogP contribution in [0.1, 0.15) is 25.7 Å². The molecule has 0 spiro atoms. The summed E-state index contributed by atoms with van der Waals surface area (Å²) in [6, 6.07) is 1.82. The van der Waals surface area contributed by atoms with Crippen LogP contribution in [0.25, 0.3) is 10.9 Å². The number of fused-ring (bicyclic) bond motifs is 3. The van der Waals surface area contributed by atoms with Crippen LogP contribution in [0.2, 0.25) is 0 Å². The number of rotatable bonds is 3. The zero-order valence-electron chi connectivity index (χ0n) is 17.7. The second-order valence-electron chi connectivity index (χ2n) is 9.15. The average molecular weight is 511 g/mol. The highest BCUT2D eigenvalue weighted by Crippen LogP contribution is 2.43. The van der Waals surface area contributed by atoms with Gasteiger partial charge in [0.1, 0.15) is 36.5 Å². The maximum absolute atomic E-state index is 15.2. The molecule has 172 valence electrons. The van der Waals surface area contributed by atoms with Gasteiger partial charge in [0, 0.05) is 26.1 Å². The number of alkyl halides is 1. The molecule has 3 saturated heterocycles. The molecule has 0 saturated carbocycles. The van der Waals surface area contributed by atoms with Crippen molar-refractivity contribution >= 4 is 32.7 Å². The third kappa shape index (κ3) is 3.33. The van der Waals surface area contributed by atoms with Gasteiger partial charge in [0.2, 0.25) is 0 Å². The van der Waals surface area contributed by atoms with Crippen molar-refractivity contribution in [3.63, 3.8) is 0 Å². The Morgan fingerprint density at radius 3 is 3.09 bits per heavy atom. The smallest absolute Gasteiger partial charge is 0.319 e. The minimum Gasteiger partial charge on any atom is -0.491 e. The highest BCUT2D eigenvalue weighted by Gasteiger charge is 2.49. The number of nitrogens with zero attached hydrogens (tertiary/aromatic N) is 4. The molecule has 4 aliphatic heterocycles. The normalized spacial score (nSPS) is 29.9. The Balaban J connectivity index is 1.42. The molecule has 0 amide bonds. The average Bonchev–Trinajstić information content (AvgIpc) is 3.12. The molecule has 0 radical (unpaired) electrons. The fourth-order valence-electron chi connectivity index (χ4n) is 5.67. The molecule has 1 aromatic heterocycles. The van der Waals surface area contributed by atoms with Gasteiger partial charge in [-0.05, 0) is 47.8 Å². The number of hydrogen-bond donors (Lipinski definition) is 0. The van der Waals surface area contributed by atoms with E-state index in [0.717, 1.165) is 25.8 Å². The van der Waals surface area contributed by atoms with Crippen molar-refractivity contribution in [2.75, 3.05) is 51.0 Å². The van der Waals surface area contributed by atoms with E-state index < -0.39 is 12.0 Å². The van der Waals surface area contributed by atoms with Crippen LogP contribution in [0.3, 0.4) is 0 Å². The van der Waals surface area contributed by atoms with Crippen molar-refractivity contribution in [2.24, 2.45) is 0 Å². The van der Waals surface area contributed by atoms with Gasteiger partial charge in [-0.1, -0.05) is 0 Å². The first-order chi connectivity index (χ1) is 15.5. The highest BCUT2D eigenvalue weighted by molar-refractivity contribution is 9.10. The molecule has 1 unspecified atom stereocenters. The second-order valence-corrected chi connectivity index (χ2v) is 10.0. The summed E-state index contributed by atoms with van der Waals surface area (Å²) in [5.74, 6) is 0.686. The van der Waals surface area contributed by atoms with Gasteiger partial charge in [0.05, 0.1) is 28.0 Å². The van der Waals surface area contributed by atoms with E-state index in [1.165, 1.54) is 0 Å². The van der Waals surface area contributed by atoms with Crippen LogP contribution >= 0.6 is 15.9 Å². The SMILES string of the molecule is Fc1c(Br)cc2c3c(nc(OC[C@@]45CCCN4C[C@H](F)C5)nc13)N1CCOCCC1CO2. The van der Waals surface area contributed by atoms with E-state index in [-0.39, 0.29) is 27.6 Å². The molecule has 3 atom stereocenters. The lowest BCUT2D eigenvalue weighted by Gasteiger charge is -2.31. The van der Waals surface area contributed by atoms with E-state index in [9.17, 15) is 4.39 Å². The monoisotopic (exact) mass is 510 g/mol. The lowest BCUT2D eigenvalue weighted by Crippen LogP contribution is -2.43. The summed E-state index contributed by atoms with van der Waals surface area (Å²) in [5, 5.41) is 0.549. The van der Waals surface area contributed by atoms with E-state index in [4.69, 9.17) is 19.2 Å². The molecule has 1 aromatic carbocycles. The van der Waals surface area contributed by atoms with Gasteiger partial charge >= 0.3 is 6.01 Å². The lowest BCUT2D eigenvalue weighted by atomic mass is 9.95. The van der Waals surface area contributed by atoms with Crippen LogP contribution in [-0.4, -0.2) is 78.7 Å². The van der Waals surface area contributed by atoms with Crippen LogP contribution in [0, 0.1) is 5.82 Å². The van der Waals surface area contributed by atoms with Crippen molar-refractivity contribution in [3.05, 3.63) is 16.4 Å². The highest BCUT2D eigenvalue weighted by atomic mass is 79.9. The summed E-state index contributed by atoms with van der Waals surface area (Å²) >= 11 is 3.29. The molecule has 0 N–H and O–H groups in total. The molecule has 3 fully saturated rings. The largest absolute Gasteiger partial charge is 0.491 e. The van der Waals surface area contributed by atoms with Gasteiger partial charge in [-0.25, -0.2) is 8.78 Å². The Hall–Kier alpha value is -1.78. The van der Waals surface area contributed by atoms with Gasteiger partial charge in [0.15, 0.2) is 5.82 Å². The maximum atomic E-state index is 15.2. The van der Waals surface area contributed by atoms with Crippen molar-refractivity contribution in [2.45, 2.75) is 43.4 Å². The molecule has 2 aromatic rings. The molecule has 6 rings (SSSR count). The first-order valence-corrected chi connectivity index (χ1v) is 12.0. The third-order valence-corrected chi connectivity index (χ3v) is 7.82. The van der Waals surface area contributed by atoms with Crippen molar-refractivity contribution in [1.82, 2.24) is 14.9 Å². The molecule has 4 aliphatic rings. The van der Waals surface area contributed by atoms with Gasteiger partial charge in [-0.2, -0.15) is 9.97 Å². The Labute approximate surface area is 193 Å². The van der Waals surface area contributed by atoms with Gasteiger partial charge < -0.3 is 19.1 Å². The summed E-state index contributed by atoms with van der Waals surface area (Å²) in [5.41, 5.74) is -0.162. The minimum atomic E-state index is -0.841. The van der Waals surface area contributed by atoms with E-state index in [1.54, 1.807) is 6.07 Å². The first kappa shape index (κ1) is 20.8. The van der Waals surface area contributed by atoms with E-state index in [2.05, 4.69) is 30.7 Å². The summed E-state index contributed by atoms with van der Waals surface area (Å²) in [6.45, 7) is 3.90. The number of ether oxygens (including phenoxy) is 3. The maximum Gasteiger partial charge on any atom is 0.319 e. The number of aromatic nitrogens is 2. The third-order valence-electron chi connectivity index (χ3n) is 7.24. The Morgan fingerprint density at radius 1 is 1.28 bits per heavy atom. The van der Waals surface area contributed by atoms with Crippen LogP contribution in [0.5, 0.6) is 11.8 Å². The van der Waals surface area contributed by atoms with Crippen LogP contribution in [0.4, 0.5) is 14.6 Å². The minimum absolute atomic E-state index is 0.0590. The standard InChI is InChI=1S/C22H25BrF2N4O3/c23-15-8-16-17-19(18(15)25)26-21(32-12-22-3-1-4-28(22)10-13(24)9-22)27-20(17)29-5-7-30-6-2-14(29)11-31-16/h8,13-14H,1-7,9-12H2/t13-,14?,22+/m1/s1. The second kappa shape index (κ2) is 7.92. The summed E-state index contributed by atoms with van der Waals surface area (Å²) < 4.78 is 47.4. The van der Waals surface area contributed by atoms with Gasteiger partial charge in [0.25, 0.3) is 0 Å². The lowest BCUT2D eigenvalue weighted by molar-refractivity contribution is 0.107. The Bertz CT molecular complexity index is 1060. The van der Waals surface area contributed by atoms with Crippen molar-refractivity contribution in [3.8, 4) is 11.8 Å². The number of hydrogen-bond acceptors (Lipinski definition) is 7. The number of halogens is 3. The number of anilines is 1. The van der Waals surface area contributed by atoms with E-state index in [0.29, 0.717) is 62.9 Å². The molecule has 32 heavy (non-hydrogen) atoms. The van der Waals surface area contributed by atoms with Gasteiger partial charge in [-0.3, -0.25) is 4.90 Å². The van der Waals surface area contributed by atoms with Gasteiger partial charge in [-0.15, -0.1) is 0 Å². The van der Waals surface area contributed by atoms with Crippen molar-refractivity contribution in [1.29, 1.82) is 0 Å². The molecule has 10 heteroatoms. The topological polar surface area (TPSA) is 60.0 Å². The summed E-state index contributed by atoms with van der Waals surface area (Å²) in [7, 11) is 0. The predicted octanol–water partition coefficient (Wildman–Crippen LogP) is 3.47. The number of benzene rings is 1. The molecule has 0 aliphatic carbocycles. The molecule has 5 heterocycles. The fourth-order valence-corrected chi connectivity index (χ4v) is 6.07. The van der Waals surface area contributed by atoms with Crippen LogP contribution < -0.4 is 14.4 Å². The summed E-state index contributed by atoms with van der Waals surface area (Å²) in [4.78, 5) is 13.5. The Morgan fingerprint density at radius 2 is 2.19 bits per heavy atom. The molecular weight excluding hydrogens is 486 g/mol. The summed E-state index contributed by atoms with van der Waals surface area (Å²) in [6.07, 6.45) is 2.31. The van der Waals surface area contributed by atoms with E-state index in [1.807, 2.05) is 0 Å². The predicted molar refractivity (Wildman–Crippen MR) is 118 cm³/mol. The van der Waals surface area contributed by atoms with Crippen LogP contribution in [-0.2, 0) is 4.74 Å². The Kier molecular flexibility index (Phi) is 5.15. The zero-order valence-corrected chi connectivity index (χ0v) is 19.2. The molecular formula is C22H25BrF2N4O3.